The maximum atomic E-state index is 11.5. The first-order valence-electron chi connectivity index (χ1n) is 6.76. The molecule has 0 bridgehead atoms. The van der Waals surface area contributed by atoms with Crippen LogP contribution in [-0.2, 0) is 17.8 Å². The molecule has 6 heteroatoms. The number of halogens is 1. The van der Waals surface area contributed by atoms with Crippen LogP contribution in [0.1, 0.15) is 29.4 Å². The summed E-state index contributed by atoms with van der Waals surface area (Å²) in [6.45, 7) is 3.63. The fourth-order valence-electron chi connectivity index (χ4n) is 2.03. The number of ether oxygens (including phenoxy) is 1. The summed E-state index contributed by atoms with van der Waals surface area (Å²) >= 11 is 6.15. The fraction of sp³-hybridized carbons (Fsp3) is 0.333. The van der Waals surface area contributed by atoms with Crippen molar-refractivity contribution in [2.45, 2.75) is 26.4 Å². The van der Waals surface area contributed by atoms with Crippen molar-refractivity contribution in [3.8, 4) is 0 Å². The van der Waals surface area contributed by atoms with E-state index in [9.17, 15) is 4.79 Å². The lowest BCUT2D eigenvalue weighted by molar-refractivity contribution is 0.0601. The third kappa shape index (κ3) is 3.76. The Morgan fingerprint density at radius 2 is 2.29 bits per heavy atom. The number of rotatable bonds is 6. The van der Waals surface area contributed by atoms with E-state index < -0.39 is 0 Å². The van der Waals surface area contributed by atoms with E-state index in [4.69, 9.17) is 16.3 Å². The minimum Gasteiger partial charge on any atom is -0.465 e. The molecule has 2 rings (SSSR count). The van der Waals surface area contributed by atoms with Gasteiger partial charge in [-0.2, -0.15) is 0 Å². The zero-order valence-electron chi connectivity index (χ0n) is 12.1. The van der Waals surface area contributed by atoms with Crippen LogP contribution in [0.5, 0.6) is 0 Å². The van der Waals surface area contributed by atoms with Gasteiger partial charge in [-0.15, -0.1) is 0 Å². The van der Waals surface area contributed by atoms with Crippen LogP contribution < -0.4 is 5.32 Å². The molecule has 0 radical (unpaired) electrons. The molecule has 0 aliphatic heterocycles. The monoisotopic (exact) mass is 307 g/mol. The van der Waals surface area contributed by atoms with Crippen LogP contribution in [0.15, 0.2) is 30.7 Å². The second-order valence-corrected chi connectivity index (χ2v) is 5.03. The molecule has 1 heterocycles. The van der Waals surface area contributed by atoms with Crippen LogP contribution in [0.3, 0.4) is 0 Å². The number of nitrogens with one attached hydrogen (secondary N) is 1. The number of benzene rings is 1. The summed E-state index contributed by atoms with van der Waals surface area (Å²) in [7, 11) is 1.35. The van der Waals surface area contributed by atoms with Crippen LogP contribution in [0.2, 0.25) is 5.02 Å². The first-order chi connectivity index (χ1) is 10.2. The van der Waals surface area contributed by atoms with Crippen LogP contribution in [0, 0.1) is 0 Å². The number of esters is 1. The second-order valence-electron chi connectivity index (χ2n) is 4.62. The molecule has 0 atom stereocenters. The van der Waals surface area contributed by atoms with Crippen LogP contribution in [0.25, 0.3) is 0 Å². The third-order valence-corrected chi connectivity index (χ3v) is 3.44. The summed E-state index contributed by atoms with van der Waals surface area (Å²) in [5.41, 5.74) is 2.23. The van der Waals surface area contributed by atoms with Gasteiger partial charge in [0.1, 0.15) is 0 Å². The average molecular weight is 308 g/mol. The number of nitrogens with zero attached hydrogens (tertiary/aromatic N) is 2. The quantitative estimate of drug-likeness (QED) is 0.832. The Labute approximate surface area is 128 Å². The third-order valence-electron chi connectivity index (χ3n) is 3.11. The van der Waals surface area contributed by atoms with E-state index in [0.717, 1.165) is 18.7 Å². The van der Waals surface area contributed by atoms with Crippen LogP contribution in [-0.4, -0.2) is 22.6 Å². The number of imidazole rings is 1. The summed E-state index contributed by atoms with van der Waals surface area (Å²) < 4.78 is 6.80. The molecule has 1 aromatic heterocycles. The van der Waals surface area contributed by atoms with Gasteiger partial charge in [0.25, 0.3) is 0 Å². The zero-order chi connectivity index (χ0) is 15.2. The molecule has 0 fully saturated rings. The van der Waals surface area contributed by atoms with Crippen molar-refractivity contribution < 1.29 is 9.53 Å². The molecule has 0 amide bonds. The van der Waals surface area contributed by atoms with Crippen molar-refractivity contribution in [2.75, 3.05) is 12.4 Å². The van der Waals surface area contributed by atoms with Crippen molar-refractivity contribution in [2.24, 2.45) is 0 Å². The van der Waals surface area contributed by atoms with E-state index in [1.807, 2.05) is 12.5 Å². The molecule has 0 unspecified atom stereocenters. The molecular formula is C15H18ClN3O2. The summed E-state index contributed by atoms with van der Waals surface area (Å²) in [6, 6.07) is 5.01. The SMILES string of the molecule is CCCn1cncc1CNc1cc(C(=O)OC)ccc1Cl. The maximum absolute atomic E-state index is 11.5. The number of methoxy groups -OCH3 is 1. The standard InChI is InChI=1S/C15H18ClN3O2/c1-3-6-19-10-17-8-12(19)9-18-14-7-11(15(20)21-2)4-5-13(14)16/h4-5,7-8,10,18H,3,6,9H2,1-2H3. The largest absolute Gasteiger partial charge is 0.465 e. The van der Waals surface area contributed by atoms with Gasteiger partial charge in [0.2, 0.25) is 0 Å². The topological polar surface area (TPSA) is 56.2 Å². The van der Waals surface area contributed by atoms with Gasteiger partial charge >= 0.3 is 5.97 Å². The Kier molecular flexibility index (Phi) is 5.22. The van der Waals surface area contributed by atoms with Crippen molar-refractivity contribution in [3.63, 3.8) is 0 Å². The lowest BCUT2D eigenvalue weighted by atomic mass is 10.2. The predicted octanol–water partition coefficient (Wildman–Crippen LogP) is 3.35. The normalized spacial score (nSPS) is 10.4. The Bertz CT molecular complexity index is 625. The van der Waals surface area contributed by atoms with Gasteiger partial charge < -0.3 is 14.6 Å². The summed E-state index contributed by atoms with van der Waals surface area (Å²) in [6.07, 6.45) is 4.68. The molecular weight excluding hydrogens is 290 g/mol. The summed E-state index contributed by atoms with van der Waals surface area (Å²) in [4.78, 5) is 15.7. The maximum Gasteiger partial charge on any atom is 0.337 e. The van der Waals surface area contributed by atoms with Crippen LogP contribution >= 0.6 is 11.6 Å². The number of anilines is 1. The minimum atomic E-state index is -0.384. The summed E-state index contributed by atoms with van der Waals surface area (Å²) in [5, 5.41) is 3.79. The van der Waals surface area contributed by atoms with E-state index in [2.05, 4.69) is 21.8 Å². The molecule has 0 spiro atoms. The Morgan fingerprint density at radius 3 is 3.00 bits per heavy atom. The molecule has 0 saturated carbocycles. The first-order valence-corrected chi connectivity index (χ1v) is 7.14. The molecule has 1 aromatic carbocycles. The first kappa shape index (κ1) is 15.4. The van der Waals surface area contributed by atoms with Gasteiger partial charge in [-0.1, -0.05) is 18.5 Å². The van der Waals surface area contributed by atoms with Gasteiger partial charge in [-0.05, 0) is 24.6 Å². The lowest BCUT2D eigenvalue weighted by Gasteiger charge is -2.11. The molecule has 112 valence electrons. The molecule has 0 saturated heterocycles. The number of hydrogen-bond donors (Lipinski definition) is 1. The van der Waals surface area contributed by atoms with Gasteiger partial charge in [-0.25, -0.2) is 9.78 Å². The van der Waals surface area contributed by atoms with Crippen molar-refractivity contribution in [3.05, 3.63) is 47.0 Å². The van der Waals surface area contributed by atoms with Gasteiger partial charge in [0, 0.05) is 12.7 Å². The number of aryl methyl sites for hydroxylation is 1. The molecule has 1 N–H and O–H groups in total. The second kappa shape index (κ2) is 7.13. The molecule has 5 nitrogen and oxygen atoms in total. The van der Waals surface area contributed by atoms with Gasteiger partial charge in [0.15, 0.2) is 0 Å². The van der Waals surface area contributed by atoms with Crippen molar-refractivity contribution in [1.82, 2.24) is 9.55 Å². The van der Waals surface area contributed by atoms with E-state index >= 15 is 0 Å². The molecule has 2 aromatic rings. The van der Waals surface area contributed by atoms with E-state index in [0.29, 0.717) is 22.8 Å². The Hall–Kier alpha value is -2.01. The highest BCUT2D eigenvalue weighted by Gasteiger charge is 2.09. The number of aromatic nitrogens is 2. The highest BCUT2D eigenvalue weighted by molar-refractivity contribution is 6.33. The van der Waals surface area contributed by atoms with E-state index in [-0.39, 0.29) is 5.97 Å². The summed E-state index contributed by atoms with van der Waals surface area (Å²) in [5.74, 6) is -0.384. The number of carbonyl (C=O) groups excluding carboxylic acids is 1. The molecule has 21 heavy (non-hydrogen) atoms. The zero-order valence-corrected chi connectivity index (χ0v) is 12.9. The minimum absolute atomic E-state index is 0.384. The lowest BCUT2D eigenvalue weighted by Crippen LogP contribution is -2.08. The molecule has 0 aliphatic rings. The van der Waals surface area contributed by atoms with Crippen molar-refractivity contribution in [1.29, 1.82) is 0 Å². The molecule has 0 aliphatic carbocycles. The van der Waals surface area contributed by atoms with Crippen molar-refractivity contribution >= 4 is 23.3 Å². The predicted molar refractivity (Wildman–Crippen MR) is 82.6 cm³/mol. The fourth-order valence-corrected chi connectivity index (χ4v) is 2.21. The smallest absolute Gasteiger partial charge is 0.337 e. The van der Waals surface area contributed by atoms with E-state index in [1.165, 1.54) is 7.11 Å². The highest BCUT2D eigenvalue weighted by Crippen LogP contribution is 2.24. The van der Waals surface area contributed by atoms with E-state index in [1.54, 1.807) is 18.2 Å². The Morgan fingerprint density at radius 1 is 1.48 bits per heavy atom. The number of carbonyl (C=O) groups is 1. The average Bonchev–Trinajstić information content (AvgIpc) is 2.93. The number of hydrogen-bond acceptors (Lipinski definition) is 4. The Balaban J connectivity index is 2.12. The van der Waals surface area contributed by atoms with Gasteiger partial charge in [0.05, 0.1) is 41.9 Å². The van der Waals surface area contributed by atoms with Crippen LogP contribution in [0.4, 0.5) is 5.69 Å². The highest BCUT2D eigenvalue weighted by atomic mass is 35.5. The van der Waals surface area contributed by atoms with Gasteiger partial charge in [-0.3, -0.25) is 0 Å².